The van der Waals surface area contributed by atoms with Gasteiger partial charge in [-0.25, -0.2) is 9.97 Å². The number of aryl methyl sites for hydroxylation is 2. The molecule has 2 aromatic heterocycles. The van der Waals surface area contributed by atoms with Gasteiger partial charge in [-0.15, -0.1) is 35.3 Å². The monoisotopic (exact) mass is 511 g/mol. The molecule has 0 aliphatic carbocycles. The summed E-state index contributed by atoms with van der Waals surface area (Å²) >= 11 is 1.67. The zero-order chi connectivity index (χ0) is 19.2. The smallest absolute Gasteiger partial charge is 0.226 e. The second kappa shape index (κ2) is 10.6. The van der Waals surface area contributed by atoms with Crippen molar-refractivity contribution >= 4 is 41.3 Å². The molecule has 0 fully saturated rings. The van der Waals surface area contributed by atoms with E-state index in [4.69, 9.17) is 4.42 Å². The van der Waals surface area contributed by atoms with Crippen LogP contribution in [0.1, 0.15) is 22.0 Å². The van der Waals surface area contributed by atoms with Crippen LogP contribution in [0.25, 0.3) is 11.5 Å². The van der Waals surface area contributed by atoms with Crippen LogP contribution in [0.3, 0.4) is 0 Å². The van der Waals surface area contributed by atoms with E-state index in [-0.39, 0.29) is 24.0 Å². The maximum absolute atomic E-state index is 5.62. The summed E-state index contributed by atoms with van der Waals surface area (Å²) in [6, 6.07) is 8.18. The molecule has 0 saturated heterocycles. The van der Waals surface area contributed by atoms with E-state index in [2.05, 4.69) is 49.6 Å². The third-order valence-corrected chi connectivity index (χ3v) is 4.98. The zero-order valence-electron chi connectivity index (χ0n) is 16.6. The minimum Gasteiger partial charge on any atom is -0.444 e. The molecule has 2 heterocycles. The fourth-order valence-corrected chi connectivity index (χ4v) is 3.34. The number of nitrogens with one attached hydrogen (secondary N) is 1. The summed E-state index contributed by atoms with van der Waals surface area (Å²) in [7, 11) is 3.80. The maximum atomic E-state index is 5.62. The lowest BCUT2D eigenvalue weighted by atomic mass is 10.1. The lowest BCUT2D eigenvalue weighted by Gasteiger charge is -2.21. The van der Waals surface area contributed by atoms with Gasteiger partial charge in [0, 0.05) is 38.0 Å². The first-order chi connectivity index (χ1) is 13.0. The number of hydrogen-bond acceptors (Lipinski definition) is 5. The molecule has 0 amide bonds. The van der Waals surface area contributed by atoms with E-state index in [1.54, 1.807) is 24.6 Å². The number of rotatable bonds is 6. The van der Waals surface area contributed by atoms with Gasteiger partial charge in [0.2, 0.25) is 5.89 Å². The summed E-state index contributed by atoms with van der Waals surface area (Å²) < 4.78 is 5.62. The fraction of sp³-hybridized carbons (Fsp3) is 0.350. The molecule has 150 valence electrons. The van der Waals surface area contributed by atoms with Gasteiger partial charge in [-0.2, -0.15) is 0 Å². The van der Waals surface area contributed by atoms with Crippen LogP contribution >= 0.6 is 35.3 Å². The van der Waals surface area contributed by atoms with E-state index in [1.807, 2.05) is 26.1 Å². The first-order valence-corrected chi connectivity index (χ1v) is 9.77. The van der Waals surface area contributed by atoms with Crippen molar-refractivity contribution in [3.05, 3.63) is 57.9 Å². The van der Waals surface area contributed by atoms with E-state index < -0.39 is 0 Å². The van der Waals surface area contributed by atoms with Crippen LogP contribution in [0, 0.1) is 13.8 Å². The van der Waals surface area contributed by atoms with Gasteiger partial charge in [-0.3, -0.25) is 4.99 Å². The SMILES string of the molecule is CN=C(NCCc1coc(-c2ccc(C)cc2)n1)N(C)Cc1csc(C)n1.I. The van der Waals surface area contributed by atoms with E-state index in [9.17, 15) is 0 Å². The second-order valence-corrected chi connectivity index (χ2v) is 7.51. The molecular formula is C20H26IN5OS. The summed E-state index contributed by atoms with van der Waals surface area (Å²) in [5.74, 6) is 1.49. The highest BCUT2D eigenvalue weighted by Gasteiger charge is 2.10. The Kier molecular flexibility index (Phi) is 8.43. The first-order valence-electron chi connectivity index (χ1n) is 8.89. The summed E-state index contributed by atoms with van der Waals surface area (Å²) in [4.78, 5) is 15.5. The molecule has 0 atom stereocenters. The van der Waals surface area contributed by atoms with Crippen molar-refractivity contribution in [3.8, 4) is 11.5 Å². The Labute approximate surface area is 187 Å². The number of benzene rings is 1. The van der Waals surface area contributed by atoms with E-state index in [1.165, 1.54) is 5.56 Å². The molecule has 1 aromatic carbocycles. The van der Waals surface area contributed by atoms with Crippen molar-refractivity contribution < 1.29 is 4.42 Å². The number of nitrogens with zero attached hydrogens (tertiary/aromatic N) is 4. The minimum atomic E-state index is 0. The van der Waals surface area contributed by atoms with Crippen molar-refractivity contribution in [2.24, 2.45) is 4.99 Å². The Bertz CT molecular complexity index is 903. The van der Waals surface area contributed by atoms with Gasteiger partial charge in [0.25, 0.3) is 0 Å². The Balaban J connectivity index is 0.00000280. The van der Waals surface area contributed by atoms with Gasteiger partial charge < -0.3 is 14.6 Å². The highest BCUT2D eigenvalue weighted by molar-refractivity contribution is 14.0. The minimum absolute atomic E-state index is 0. The predicted octanol–water partition coefficient (Wildman–Crippen LogP) is 4.28. The molecule has 28 heavy (non-hydrogen) atoms. The third-order valence-electron chi connectivity index (χ3n) is 4.15. The van der Waals surface area contributed by atoms with Crippen molar-refractivity contribution in [2.75, 3.05) is 20.6 Å². The predicted molar refractivity (Wildman–Crippen MR) is 125 cm³/mol. The van der Waals surface area contributed by atoms with E-state index >= 15 is 0 Å². The molecule has 0 radical (unpaired) electrons. The number of oxazole rings is 1. The average Bonchev–Trinajstić information content (AvgIpc) is 3.28. The van der Waals surface area contributed by atoms with Crippen LogP contribution in [-0.2, 0) is 13.0 Å². The molecule has 0 aliphatic rings. The largest absolute Gasteiger partial charge is 0.444 e. The second-order valence-electron chi connectivity index (χ2n) is 6.45. The van der Waals surface area contributed by atoms with Crippen molar-refractivity contribution in [1.82, 2.24) is 20.2 Å². The molecular weight excluding hydrogens is 485 g/mol. The normalized spacial score (nSPS) is 11.2. The fourth-order valence-electron chi connectivity index (χ4n) is 2.74. The first kappa shape index (κ1) is 22.4. The number of halogens is 1. The van der Waals surface area contributed by atoms with Gasteiger partial charge in [-0.05, 0) is 26.0 Å². The molecule has 0 aliphatic heterocycles. The highest BCUT2D eigenvalue weighted by atomic mass is 127. The molecule has 0 unspecified atom stereocenters. The van der Waals surface area contributed by atoms with Gasteiger partial charge in [0.05, 0.1) is 22.9 Å². The Morgan fingerprint density at radius 3 is 2.57 bits per heavy atom. The highest BCUT2D eigenvalue weighted by Crippen LogP contribution is 2.19. The molecule has 0 bridgehead atoms. The molecule has 6 nitrogen and oxygen atoms in total. The van der Waals surface area contributed by atoms with Crippen LogP contribution in [0.5, 0.6) is 0 Å². The van der Waals surface area contributed by atoms with E-state index in [0.717, 1.165) is 47.4 Å². The maximum Gasteiger partial charge on any atom is 0.226 e. The number of hydrogen-bond donors (Lipinski definition) is 1. The van der Waals surface area contributed by atoms with Crippen LogP contribution in [0.4, 0.5) is 0 Å². The average molecular weight is 511 g/mol. The summed E-state index contributed by atoms with van der Waals surface area (Å²) in [5.41, 5.74) is 4.19. The number of aromatic nitrogens is 2. The molecule has 0 saturated carbocycles. The number of guanidine groups is 1. The molecule has 8 heteroatoms. The number of aliphatic imine (C=N–C) groups is 1. The summed E-state index contributed by atoms with van der Waals surface area (Å²) in [6.45, 7) is 5.54. The molecule has 0 spiro atoms. The van der Waals surface area contributed by atoms with Crippen LogP contribution in [-0.4, -0.2) is 41.5 Å². The quantitative estimate of drug-likeness (QED) is 0.304. The summed E-state index contributed by atoms with van der Waals surface area (Å²) in [6.07, 6.45) is 2.49. The topological polar surface area (TPSA) is 66.6 Å². The molecule has 3 aromatic rings. The molecule has 3 rings (SSSR count). The van der Waals surface area contributed by atoms with Crippen molar-refractivity contribution in [2.45, 2.75) is 26.8 Å². The van der Waals surface area contributed by atoms with Crippen LogP contribution in [0.15, 0.2) is 45.3 Å². The zero-order valence-corrected chi connectivity index (χ0v) is 19.7. The Morgan fingerprint density at radius 2 is 1.93 bits per heavy atom. The van der Waals surface area contributed by atoms with Gasteiger partial charge >= 0.3 is 0 Å². The lowest BCUT2D eigenvalue weighted by molar-refractivity contribution is 0.471. The van der Waals surface area contributed by atoms with Gasteiger partial charge in [0.15, 0.2) is 5.96 Å². The standard InChI is InChI=1S/C20H25N5OS.HI/c1-14-5-7-16(8-6-14)19-24-17(12-26-19)9-10-22-20(21-3)25(4)11-18-13-27-15(2)23-18;/h5-8,12-13H,9-11H2,1-4H3,(H,21,22);1H. The van der Waals surface area contributed by atoms with Gasteiger partial charge in [-0.1, -0.05) is 17.7 Å². The van der Waals surface area contributed by atoms with Crippen LogP contribution < -0.4 is 5.32 Å². The molecule has 1 N–H and O–H groups in total. The van der Waals surface area contributed by atoms with Gasteiger partial charge in [0.1, 0.15) is 6.26 Å². The Hall–Kier alpha value is -1.94. The van der Waals surface area contributed by atoms with Crippen molar-refractivity contribution in [3.63, 3.8) is 0 Å². The van der Waals surface area contributed by atoms with Crippen molar-refractivity contribution in [1.29, 1.82) is 0 Å². The van der Waals surface area contributed by atoms with Crippen LogP contribution in [0.2, 0.25) is 0 Å². The third kappa shape index (κ3) is 6.03. The Morgan fingerprint density at radius 1 is 1.18 bits per heavy atom. The summed E-state index contributed by atoms with van der Waals surface area (Å²) in [5, 5.41) is 6.54. The van der Waals surface area contributed by atoms with E-state index in [0.29, 0.717) is 5.89 Å². The lowest BCUT2D eigenvalue weighted by Crippen LogP contribution is -2.39. The number of thiazole rings is 1.